The Kier molecular flexibility index (Phi) is 3.17. The van der Waals surface area contributed by atoms with Crippen LogP contribution in [0.3, 0.4) is 0 Å². The maximum absolute atomic E-state index is 8.88. The quantitative estimate of drug-likeness (QED) is 0.892. The second kappa shape index (κ2) is 4.63. The minimum Gasteiger partial charge on any atom is -0.328 e. The molecule has 18 heavy (non-hydrogen) atoms. The van der Waals surface area contributed by atoms with Crippen LogP contribution < -0.4 is 5.73 Å². The van der Waals surface area contributed by atoms with Crippen LogP contribution in [0.15, 0.2) is 36.8 Å². The largest absolute Gasteiger partial charge is 0.328 e. The third-order valence-corrected chi connectivity index (χ3v) is 2.78. The molecule has 0 bridgehead atoms. The molecule has 2 N–H and O–H groups in total. The van der Waals surface area contributed by atoms with Gasteiger partial charge >= 0.3 is 0 Å². The Balaban J connectivity index is 2.30. The summed E-state index contributed by atoms with van der Waals surface area (Å²) in [4.78, 5) is 4.15. The summed E-state index contributed by atoms with van der Waals surface area (Å²) in [7, 11) is 0. The van der Waals surface area contributed by atoms with Crippen molar-refractivity contribution in [3.8, 4) is 6.07 Å². The highest BCUT2D eigenvalue weighted by Gasteiger charge is 2.18. The first-order valence-corrected chi connectivity index (χ1v) is 5.79. The standard InChI is InChI=1S/C14H16N4/c1-14(2,16)13-8-17-10-18(13)9-12-5-3-4-11(6-12)7-15/h3-6,8,10H,9,16H2,1-2H3. The smallest absolute Gasteiger partial charge is 0.0991 e. The van der Waals surface area contributed by atoms with Gasteiger partial charge in [0.05, 0.1) is 29.2 Å². The van der Waals surface area contributed by atoms with Gasteiger partial charge < -0.3 is 10.3 Å². The molecule has 0 saturated carbocycles. The maximum Gasteiger partial charge on any atom is 0.0991 e. The molecular formula is C14H16N4. The summed E-state index contributed by atoms with van der Waals surface area (Å²) in [6.07, 6.45) is 3.55. The molecule has 1 heterocycles. The third kappa shape index (κ3) is 2.58. The van der Waals surface area contributed by atoms with Gasteiger partial charge in [-0.2, -0.15) is 5.26 Å². The molecule has 0 fully saturated rings. The average Bonchev–Trinajstić information content (AvgIpc) is 2.77. The van der Waals surface area contributed by atoms with Crippen LogP contribution in [0, 0.1) is 11.3 Å². The van der Waals surface area contributed by atoms with E-state index in [2.05, 4.69) is 11.1 Å². The second-order valence-corrected chi connectivity index (χ2v) is 4.94. The van der Waals surface area contributed by atoms with Crippen LogP contribution in [0.25, 0.3) is 0 Å². The number of hydrogen-bond acceptors (Lipinski definition) is 3. The highest BCUT2D eigenvalue weighted by molar-refractivity contribution is 5.33. The first-order valence-electron chi connectivity index (χ1n) is 5.79. The lowest BCUT2D eigenvalue weighted by Crippen LogP contribution is -2.31. The van der Waals surface area contributed by atoms with Gasteiger partial charge in [0, 0.05) is 12.7 Å². The van der Waals surface area contributed by atoms with Crippen molar-refractivity contribution in [1.29, 1.82) is 5.26 Å². The molecule has 2 aromatic rings. The van der Waals surface area contributed by atoms with Crippen molar-refractivity contribution in [2.24, 2.45) is 5.73 Å². The summed E-state index contributed by atoms with van der Waals surface area (Å²) in [5.74, 6) is 0. The fourth-order valence-electron chi connectivity index (χ4n) is 1.92. The molecule has 0 aliphatic rings. The van der Waals surface area contributed by atoms with E-state index in [1.807, 2.05) is 36.6 Å². The van der Waals surface area contributed by atoms with Crippen LogP contribution in [0.2, 0.25) is 0 Å². The Morgan fingerprint density at radius 3 is 2.89 bits per heavy atom. The number of aromatic nitrogens is 2. The highest BCUT2D eigenvalue weighted by atomic mass is 15.1. The molecule has 1 aromatic heterocycles. The molecule has 0 spiro atoms. The normalized spacial score (nSPS) is 11.2. The van der Waals surface area contributed by atoms with Crippen LogP contribution >= 0.6 is 0 Å². The molecule has 4 nitrogen and oxygen atoms in total. The molecule has 0 atom stereocenters. The van der Waals surface area contributed by atoms with E-state index < -0.39 is 5.54 Å². The fraction of sp³-hybridized carbons (Fsp3) is 0.286. The minimum atomic E-state index is -0.427. The van der Waals surface area contributed by atoms with Gasteiger partial charge in [-0.25, -0.2) is 4.98 Å². The van der Waals surface area contributed by atoms with Crippen molar-refractivity contribution in [2.75, 3.05) is 0 Å². The fourth-order valence-corrected chi connectivity index (χ4v) is 1.92. The SMILES string of the molecule is CC(C)(N)c1cncn1Cc1cccc(C#N)c1. The van der Waals surface area contributed by atoms with Crippen LogP contribution in [0.5, 0.6) is 0 Å². The zero-order chi connectivity index (χ0) is 13.2. The molecule has 0 radical (unpaired) electrons. The number of rotatable bonds is 3. The van der Waals surface area contributed by atoms with E-state index in [1.165, 1.54) is 0 Å². The number of nitrogens with two attached hydrogens (primary N) is 1. The number of nitriles is 1. The van der Waals surface area contributed by atoms with E-state index in [0.29, 0.717) is 12.1 Å². The summed E-state index contributed by atoms with van der Waals surface area (Å²) in [6, 6.07) is 9.70. The average molecular weight is 240 g/mol. The van der Waals surface area contributed by atoms with E-state index in [9.17, 15) is 0 Å². The van der Waals surface area contributed by atoms with Gasteiger partial charge in [0.25, 0.3) is 0 Å². The van der Waals surface area contributed by atoms with Gasteiger partial charge in [0.1, 0.15) is 0 Å². The van der Waals surface area contributed by atoms with Gasteiger partial charge in [-0.1, -0.05) is 12.1 Å². The summed E-state index contributed by atoms with van der Waals surface area (Å²) in [5.41, 5.74) is 8.38. The Hall–Kier alpha value is -2.12. The van der Waals surface area contributed by atoms with Crippen molar-refractivity contribution in [1.82, 2.24) is 9.55 Å². The molecular weight excluding hydrogens is 224 g/mol. The number of nitrogens with zero attached hydrogens (tertiary/aromatic N) is 3. The number of benzene rings is 1. The molecule has 0 unspecified atom stereocenters. The summed E-state index contributed by atoms with van der Waals surface area (Å²) in [6.45, 7) is 4.57. The topological polar surface area (TPSA) is 67.6 Å². The van der Waals surface area contributed by atoms with E-state index in [-0.39, 0.29) is 0 Å². The van der Waals surface area contributed by atoms with Gasteiger partial charge in [0.15, 0.2) is 0 Å². The van der Waals surface area contributed by atoms with E-state index in [4.69, 9.17) is 11.0 Å². The van der Waals surface area contributed by atoms with Crippen molar-refractivity contribution in [2.45, 2.75) is 25.9 Å². The van der Waals surface area contributed by atoms with Crippen molar-refractivity contribution in [3.63, 3.8) is 0 Å². The Morgan fingerprint density at radius 2 is 2.22 bits per heavy atom. The molecule has 0 aliphatic heterocycles. The van der Waals surface area contributed by atoms with Crippen LogP contribution in [-0.2, 0) is 12.1 Å². The van der Waals surface area contributed by atoms with Crippen LogP contribution in [-0.4, -0.2) is 9.55 Å². The third-order valence-electron chi connectivity index (χ3n) is 2.78. The van der Waals surface area contributed by atoms with Crippen LogP contribution in [0.4, 0.5) is 0 Å². The van der Waals surface area contributed by atoms with Gasteiger partial charge in [-0.15, -0.1) is 0 Å². The lowest BCUT2D eigenvalue weighted by atomic mass is 10.0. The zero-order valence-corrected chi connectivity index (χ0v) is 10.6. The Morgan fingerprint density at radius 1 is 1.44 bits per heavy atom. The van der Waals surface area contributed by atoms with Crippen molar-refractivity contribution in [3.05, 3.63) is 53.6 Å². The summed E-state index contributed by atoms with van der Waals surface area (Å²) >= 11 is 0. The van der Waals surface area contributed by atoms with Crippen LogP contribution in [0.1, 0.15) is 30.7 Å². The van der Waals surface area contributed by atoms with E-state index >= 15 is 0 Å². The predicted octanol–water partition coefficient (Wildman–Crippen LogP) is 2.00. The monoisotopic (exact) mass is 240 g/mol. The second-order valence-electron chi connectivity index (χ2n) is 4.94. The molecule has 4 heteroatoms. The molecule has 1 aromatic carbocycles. The lowest BCUT2D eigenvalue weighted by molar-refractivity contribution is 0.503. The molecule has 2 rings (SSSR count). The maximum atomic E-state index is 8.88. The number of hydrogen-bond donors (Lipinski definition) is 1. The Labute approximate surface area is 107 Å². The van der Waals surface area contributed by atoms with E-state index in [0.717, 1.165) is 11.3 Å². The molecule has 0 saturated heterocycles. The zero-order valence-electron chi connectivity index (χ0n) is 10.6. The highest BCUT2D eigenvalue weighted by Crippen LogP contribution is 2.17. The van der Waals surface area contributed by atoms with Crippen molar-refractivity contribution < 1.29 is 0 Å². The number of imidazole rings is 1. The van der Waals surface area contributed by atoms with E-state index in [1.54, 1.807) is 18.6 Å². The minimum absolute atomic E-state index is 0.427. The Bertz CT molecular complexity index is 584. The summed E-state index contributed by atoms with van der Waals surface area (Å²) in [5, 5.41) is 8.88. The van der Waals surface area contributed by atoms with Gasteiger partial charge in [-0.05, 0) is 31.5 Å². The van der Waals surface area contributed by atoms with Crippen molar-refractivity contribution >= 4 is 0 Å². The van der Waals surface area contributed by atoms with Gasteiger partial charge in [-0.3, -0.25) is 0 Å². The molecule has 0 amide bonds. The molecule has 0 aliphatic carbocycles. The van der Waals surface area contributed by atoms with Gasteiger partial charge in [0.2, 0.25) is 0 Å². The lowest BCUT2D eigenvalue weighted by Gasteiger charge is -2.20. The molecule has 92 valence electrons. The predicted molar refractivity (Wildman–Crippen MR) is 69.7 cm³/mol. The first kappa shape index (κ1) is 12.3. The first-order chi connectivity index (χ1) is 8.50. The summed E-state index contributed by atoms with van der Waals surface area (Å²) < 4.78 is 2.01.